The van der Waals surface area contributed by atoms with Gasteiger partial charge < -0.3 is 10.1 Å². The van der Waals surface area contributed by atoms with Gasteiger partial charge in [-0.2, -0.15) is 0 Å². The van der Waals surface area contributed by atoms with Gasteiger partial charge in [0, 0.05) is 11.6 Å². The third kappa shape index (κ3) is 2.32. The molecule has 0 radical (unpaired) electrons. The fraction of sp³-hybridized carbons (Fsp3) is 0.286. The minimum absolute atomic E-state index is 0.255. The maximum Gasteiger partial charge on any atom is 0.337 e. The number of anilines is 1. The summed E-state index contributed by atoms with van der Waals surface area (Å²) in [5.41, 5.74) is 5.75. The molecule has 0 saturated heterocycles. The minimum Gasteiger partial charge on any atom is -0.465 e. The number of esters is 1. The van der Waals surface area contributed by atoms with E-state index >= 15 is 0 Å². The summed E-state index contributed by atoms with van der Waals surface area (Å²) in [5.74, 6) is 0.689. The first-order valence-corrected chi connectivity index (χ1v) is 8.40. The van der Waals surface area contributed by atoms with Gasteiger partial charge in [0.15, 0.2) is 0 Å². The van der Waals surface area contributed by atoms with Crippen molar-refractivity contribution in [2.75, 3.05) is 12.4 Å². The van der Waals surface area contributed by atoms with Crippen molar-refractivity contribution in [2.45, 2.75) is 25.3 Å². The molecule has 0 unspecified atom stereocenters. The average molecular weight is 319 g/mol. The lowest BCUT2D eigenvalue weighted by molar-refractivity contribution is 0.0600. The number of methoxy groups -OCH3 is 1. The molecule has 3 heteroatoms. The molecule has 2 aromatic carbocycles. The van der Waals surface area contributed by atoms with Crippen LogP contribution in [0.1, 0.15) is 45.4 Å². The molecule has 0 bridgehead atoms. The Kier molecular flexibility index (Phi) is 3.64. The van der Waals surface area contributed by atoms with Crippen LogP contribution in [0.5, 0.6) is 0 Å². The molecule has 0 amide bonds. The highest BCUT2D eigenvalue weighted by Gasteiger charge is 2.38. The van der Waals surface area contributed by atoms with E-state index in [4.69, 9.17) is 4.74 Å². The molecule has 2 aliphatic rings. The highest BCUT2D eigenvalue weighted by Crippen LogP contribution is 2.50. The molecule has 3 nitrogen and oxygen atoms in total. The zero-order valence-corrected chi connectivity index (χ0v) is 14.0. The van der Waals surface area contributed by atoms with Gasteiger partial charge in [0.2, 0.25) is 0 Å². The first-order valence-electron chi connectivity index (χ1n) is 8.40. The second kappa shape index (κ2) is 5.82. The Morgan fingerprint density at radius 2 is 1.96 bits per heavy atom. The lowest BCUT2D eigenvalue weighted by atomic mass is 9.76. The number of carbonyl (C=O) groups is 1. The minimum atomic E-state index is -0.292. The standard InChI is InChI=1S/C21H21NO2/c1-13-5-3-7-17-16-6-4-8-18(16)20(22-19(13)17)14-9-11-15(12-10-14)21(23)24-2/h3-7,9-12,16,18,20,22H,8H2,1-2H3/t16-,18-,20+/m1/s1. The van der Waals surface area contributed by atoms with Crippen LogP contribution in [-0.4, -0.2) is 13.1 Å². The van der Waals surface area contributed by atoms with E-state index in [1.54, 1.807) is 0 Å². The van der Waals surface area contributed by atoms with Crippen LogP contribution in [0.15, 0.2) is 54.6 Å². The Hall–Kier alpha value is -2.55. The fourth-order valence-electron chi connectivity index (χ4n) is 4.05. The number of hydrogen-bond donors (Lipinski definition) is 1. The molecule has 24 heavy (non-hydrogen) atoms. The normalized spacial score (nSPS) is 24.0. The van der Waals surface area contributed by atoms with E-state index in [-0.39, 0.29) is 12.0 Å². The van der Waals surface area contributed by atoms with Crippen LogP contribution in [0.3, 0.4) is 0 Å². The summed E-state index contributed by atoms with van der Waals surface area (Å²) in [7, 11) is 1.41. The monoisotopic (exact) mass is 319 g/mol. The number of fused-ring (bicyclic) bond motifs is 3. The van der Waals surface area contributed by atoms with Gasteiger partial charge in [-0.25, -0.2) is 4.79 Å². The van der Waals surface area contributed by atoms with E-state index in [2.05, 4.69) is 42.6 Å². The first-order chi connectivity index (χ1) is 11.7. The van der Waals surface area contributed by atoms with Gasteiger partial charge in [0.25, 0.3) is 0 Å². The predicted octanol–water partition coefficient (Wildman–Crippen LogP) is 4.61. The van der Waals surface area contributed by atoms with E-state index in [1.807, 2.05) is 24.3 Å². The number of hydrogen-bond acceptors (Lipinski definition) is 3. The molecule has 3 atom stereocenters. The number of para-hydroxylation sites is 1. The highest BCUT2D eigenvalue weighted by atomic mass is 16.5. The third-order valence-electron chi connectivity index (χ3n) is 5.30. The van der Waals surface area contributed by atoms with Gasteiger partial charge in [-0.3, -0.25) is 0 Å². The highest BCUT2D eigenvalue weighted by molar-refractivity contribution is 5.89. The van der Waals surface area contributed by atoms with E-state index < -0.39 is 0 Å². The Morgan fingerprint density at radius 1 is 1.17 bits per heavy atom. The van der Waals surface area contributed by atoms with Crippen molar-refractivity contribution in [1.82, 2.24) is 0 Å². The number of ether oxygens (including phenoxy) is 1. The molecule has 1 N–H and O–H groups in total. The molecule has 0 fully saturated rings. The van der Waals surface area contributed by atoms with Crippen molar-refractivity contribution in [2.24, 2.45) is 5.92 Å². The average Bonchev–Trinajstić information content (AvgIpc) is 3.11. The van der Waals surface area contributed by atoms with Crippen LogP contribution in [0.25, 0.3) is 0 Å². The van der Waals surface area contributed by atoms with Crippen molar-refractivity contribution in [1.29, 1.82) is 0 Å². The van der Waals surface area contributed by atoms with E-state index in [1.165, 1.54) is 29.5 Å². The molecular formula is C21H21NO2. The van der Waals surface area contributed by atoms with E-state index in [9.17, 15) is 4.79 Å². The lowest BCUT2D eigenvalue weighted by Crippen LogP contribution is -2.29. The largest absolute Gasteiger partial charge is 0.465 e. The summed E-state index contributed by atoms with van der Waals surface area (Å²) in [6.07, 6.45) is 5.72. The summed E-state index contributed by atoms with van der Waals surface area (Å²) in [4.78, 5) is 11.6. The van der Waals surface area contributed by atoms with Crippen LogP contribution < -0.4 is 5.32 Å². The van der Waals surface area contributed by atoms with Gasteiger partial charge >= 0.3 is 5.97 Å². The maximum atomic E-state index is 11.6. The Labute approximate surface area is 142 Å². The third-order valence-corrected chi connectivity index (χ3v) is 5.30. The summed E-state index contributed by atoms with van der Waals surface area (Å²) in [6, 6.07) is 14.6. The second-order valence-electron chi connectivity index (χ2n) is 6.63. The van der Waals surface area contributed by atoms with Crippen molar-refractivity contribution >= 4 is 11.7 Å². The fourth-order valence-corrected chi connectivity index (χ4v) is 4.05. The van der Waals surface area contributed by atoms with Gasteiger partial charge in [-0.1, -0.05) is 42.5 Å². The van der Waals surface area contributed by atoms with Crippen molar-refractivity contribution < 1.29 is 9.53 Å². The quantitative estimate of drug-likeness (QED) is 0.649. The predicted molar refractivity (Wildman–Crippen MR) is 95.3 cm³/mol. The van der Waals surface area contributed by atoms with Crippen molar-refractivity contribution in [3.63, 3.8) is 0 Å². The first kappa shape index (κ1) is 15.0. The smallest absolute Gasteiger partial charge is 0.337 e. The maximum absolute atomic E-state index is 11.6. The molecular weight excluding hydrogens is 298 g/mol. The van der Waals surface area contributed by atoms with Crippen LogP contribution in [-0.2, 0) is 4.74 Å². The number of allylic oxidation sites excluding steroid dienone is 2. The van der Waals surface area contributed by atoms with E-state index in [0.29, 0.717) is 17.4 Å². The number of aryl methyl sites for hydroxylation is 1. The number of rotatable bonds is 2. The summed E-state index contributed by atoms with van der Waals surface area (Å²) in [6.45, 7) is 2.15. The molecule has 1 aliphatic carbocycles. The SMILES string of the molecule is COC(=O)c1ccc([C@@H]2Nc3c(C)cccc3[C@H]3C=CC[C@H]32)cc1. The Bertz CT molecular complexity index is 807. The van der Waals surface area contributed by atoms with Gasteiger partial charge in [-0.05, 0) is 48.1 Å². The van der Waals surface area contributed by atoms with E-state index in [0.717, 1.165) is 6.42 Å². The van der Waals surface area contributed by atoms with Crippen molar-refractivity contribution in [3.8, 4) is 0 Å². The Morgan fingerprint density at radius 3 is 2.71 bits per heavy atom. The lowest BCUT2D eigenvalue weighted by Gasteiger charge is -2.38. The molecule has 0 spiro atoms. The molecule has 1 aliphatic heterocycles. The molecule has 0 aromatic heterocycles. The summed E-state index contributed by atoms with van der Waals surface area (Å²) >= 11 is 0. The Balaban J connectivity index is 1.71. The van der Waals surface area contributed by atoms with Crippen molar-refractivity contribution in [3.05, 3.63) is 76.9 Å². The molecule has 2 aromatic rings. The second-order valence-corrected chi connectivity index (χ2v) is 6.63. The van der Waals surface area contributed by atoms with Crippen LogP contribution in [0, 0.1) is 12.8 Å². The zero-order chi connectivity index (χ0) is 16.7. The number of carbonyl (C=O) groups excluding carboxylic acids is 1. The summed E-state index contributed by atoms with van der Waals surface area (Å²) < 4.78 is 4.79. The summed E-state index contributed by atoms with van der Waals surface area (Å²) in [5, 5.41) is 3.76. The van der Waals surface area contributed by atoms with Crippen LogP contribution >= 0.6 is 0 Å². The van der Waals surface area contributed by atoms with Gasteiger partial charge in [-0.15, -0.1) is 0 Å². The number of benzene rings is 2. The molecule has 4 rings (SSSR count). The van der Waals surface area contributed by atoms with Gasteiger partial charge in [0.05, 0.1) is 18.7 Å². The topological polar surface area (TPSA) is 38.3 Å². The zero-order valence-electron chi connectivity index (χ0n) is 14.0. The van der Waals surface area contributed by atoms with Crippen LogP contribution in [0.2, 0.25) is 0 Å². The molecule has 0 saturated carbocycles. The molecule has 1 heterocycles. The van der Waals surface area contributed by atoms with Gasteiger partial charge in [0.1, 0.15) is 0 Å². The number of nitrogens with one attached hydrogen (secondary N) is 1. The molecule has 122 valence electrons. The van der Waals surface area contributed by atoms with Crippen LogP contribution in [0.4, 0.5) is 5.69 Å².